The van der Waals surface area contributed by atoms with Gasteiger partial charge in [0.2, 0.25) is 0 Å². The number of carbonyl (C=O) groups is 1. The lowest BCUT2D eigenvalue weighted by atomic mass is 10.2. The molecule has 5 heteroatoms. The topological polar surface area (TPSA) is 33.5 Å². The Morgan fingerprint density at radius 3 is 2.37 bits per heavy atom. The van der Waals surface area contributed by atoms with Crippen LogP contribution in [0.2, 0.25) is 0 Å². The van der Waals surface area contributed by atoms with Crippen molar-refractivity contribution < 1.29 is 18.0 Å². The van der Waals surface area contributed by atoms with E-state index in [2.05, 4.69) is 0 Å². The van der Waals surface area contributed by atoms with Crippen LogP contribution in [0.4, 0.5) is 8.78 Å². The van der Waals surface area contributed by atoms with Gasteiger partial charge >= 0.3 is 0 Å². The van der Waals surface area contributed by atoms with Crippen LogP contribution in [0.25, 0.3) is 0 Å². The van der Waals surface area contributed by atoms with Crippen LogP contribution in [0.1, 0.15) is 21.9 Å². The highest BCUT2D eigenvalue weighted by Gasteiger charge is 2.15. The quantitative estimate of drug-likeness (QED) is 0.854. The molecule has 1 aromatic heterocycles. The third-order valence-electron chi connectivity index (χ3n) is 2.65. The minimum Gasteiger partial charge on any atom is -0.464 e. The zero-order valence-electron chi connectivity index (χ0n) is 10.6. The van der Waals surface area contributed by atoms with Crippen molar-refractivity contribution in [1.29, 1.82) is 0 Å². The second-order valence-electron chi connectivity index (χ2n) is 4.33. The predicted octanol–water partition coefficient (Wildman–Crippen LogP) is 3.14. The van der Waals surface area contributed by atoms with Gasteiger partial charge in [-0.05, 0) is 31.2 Å². The molecule has 100 valence electrons. The highest BCUT2D eigenvalue weighted by Crippen LogP contribution is 2.13. The average molecular weight is 265 g/mol. The van der Waals surface area contributed by atoms with E-state index in [1.807, 2.05) is 0 Å². The summed E-state index contributed by atoms with van der Waals surface area (Å²) in [4.78, 5) is 13.4. The zero-order valence-corrected chi connectivity index (χ0v) is 10.6. The van der Waals surface area contributed by atoms with Crippen LogP contribution in [0.15, 0.2) is 34.7 Å². The van der Waals surface area contributed by atoms with Gasteiger partial charge in [0, 0.05) is 18.7 Å². The van der Waals surface area contributed by atoms with Gasteiger partial charge in [-0.25, -0.2) is 8.78 Å². The highest BCUT2D eigenvalue weighted by atomic mass is 19.1. The number of nitrogens with zero attached hydrogens (tertiary/aromatic N) is 1. The Morgan fingerprint density at radius 1 is 1.21 bits per heavy atom. The molecule has 0 saturated heterocycles. The van der Waals surface area contributed by atoms with Gasteiger partial charge < -0.3 is 9.32 Å². The molecular weight excluding hydrogens is 252 g/mol. The first-order valence-electron chi connectivity index (χ1n) is 5.72. The summed E-state index contributed by atoms with van der Waals surface area (Å²) in [5.41, 5.74) is -0.0247. The molecule has 0 atom stereocenters. The van der Waals surface area contributed by atoms with Crippen molar-refractivity contribution >= 4 is 5.91 Å². The number of hydrogen-bond donors (Lipinski definition) is 0. The Balaban J connectivity index is 2.14. The first kappa shape index (κ1) is 13.3. The number of benzene rings is 1. The van der Waals surface area contributed by atoms with Crippen LogP contribution in [0.3, 0.4) is 0 Å². The van der Waals surface area contributed by atoms with E-state index in [1.54, 1.807) is 26.1 Å². The number of amides is 1. The van der Waals surface area contributed by atoms with Gasteiger partial charge in [0.1, 0.15) is 23.2 Å². The Morgan fingerprint density at radius 2 is 1.84 bits per heavy atom. The van der Waals surface area contributed by atoms with Gasteiger partial charge in [0.15, 0.2) is 0 Å². The fourth-order valence-electron chi connectivity index (χ4n) is 1.77. The molecule has 0 aliphatic carbocycles. The van der Waals surface area contributed by atoms with Crippen molar-refractivity contribution in [2.24, 2.45) is 0 Å². The lowest BCUT2D eigenvalue weighted by Crippen LogP contribution is -2.26. The number of aryl methyl sites for hydroxylation is 1. The summed E-state index contributed by atoms with van der Waals surface area (Å²) in [5, 5.41) is 0. The highest BCUT2D eigenvalue weighted by molar-refractivity contribution is 5.94. The molecule has 19 heavy (non-hydrogen) atoms. The van der Waals surface area contributed by atoms with Gasteiger partial charge in [-0.3, -0.25) is 4.79 Å². The second kappa shape index (κ2) is 5.22. The molecular formula is C14H13F2NO2. The lowest BCUT2D eigenvalue weighted by molar-refractivity contribution is 0.0774. The summed E-state index contributed by atoms with van der Waals surface area (Å²) < 4.78 is 31.5. The molecule has 0 radical (unpaired) electrons. The molecule has 0 spiro atoms. The normalized spacial score (nSPS) is 10.5. The van der Waals surface area contributed by atoms with Crippen LogP contribution in [0.5, 0.6) is 0 Å². The minimum absolute atomic E-state index is 0.0247. The molecule has 1 amide bonds. The SMILES string of the molecule is Cc1ccc(CN(C)C(=O)c2cc(F)cc(F)c2)o1. The Bertz CT molecular complexity index is 587. The average Bonchev–Trinajstić information content (AvgIpc) is 2.72. The standard InChI is InChI=1S/C14H13F2NO2/c1-9-3-4-13(19-9)8-17(2)14(18)10-5-11(15)7-12(16)6-10/h3-7H,8H2,1-2H3. The van der Waals surface area contributed by atoms with Gasteiger partial charge in [0.25, 0.3) is 5.91 Å². The molecule has 1 aromatic carbocycles. The van der Waals surface area contributed by atoms with Crippen LogP contribution in [0, 0.1) is 18.6 Å². The van der Waals surface area contributed by atoms with Crippen molar-refractivity contribution in [1.82, 2.24) is 4.90 Å². The van der Waals surface area contributed by atoms with E-state index in [4.69, 9.17) is 4.42 Å². The number of furan rings is 1. The molecule has 2 rings (SSSR count). The van der Waals surface area contributed by atoms with Gasteiger partial charge in [-0.1, -0.05) is 0 Å². The molecule has 2 aromatic rings. The van der Waals surface area contributed by atoms with Crippen LogP contribution >= 0.6 is 0 Å². The van der Waals surface area contributed by atoms with E-state index in [-0.39, 0.29) is 12.1 Å². The van der Waals surface area contributed by atoms with E-state index in [0.717, 1.165) is 24.0 Å². The molecule has 0 aliphatic rings. The summed E-state index contributed by atoms with van der Waals surface area (Å²) in [6.45, 7) is 2.04. The van der Waals surface area contributed by atoms with Crippen LogP contribution in [-0.4, -0.2) is 17.9 Å². The molecule has 0 fully saturated rings. The van der Waals surface area contributed by atoms with Crippen molar-refractivity contribution in [3.63, 3.8) is 0 Å². The molecule has 0 N–H and O–H groups in total. The fraction of sp³-hybridized carbons (Fsp3) is 0.214. The van der Waals surface area contributed by atoms with Crippen LogP contribution < -0.4 is 0 Å². The molecule has 0 bridgehead atoms. The van der Waals surface area contributed by atoms with E-state index < -0.39 is 17.5 Å². The summed E-state index contributed by atoms with van der Waals surface area (Å²) in [7, 11) is 1.54. The van der Waals surface area contributed by atoms with E-state index in [9.17, 15) is 13.6 Å². The Hall–Kier alpha value is -2.17. The molecule has 1 heterocycles. The maximum atomic E-state index is 13.1. The Kier molecular flexibility index (Phi) is 3.64. The molecule has 0 saturated carbocycles. The third-order valence-corrected chi connectivity index (χ3v) is 2.65. The predicted molar refractivity (Wildman–Crippen MR) is 65.6 cm³/mol. The summed E-state index contributed by atoms with van der Waals surface area (Å²) in [6, 6.07) is 6.29. The van der Waals surface area contributed by atoms with Crippen molar-refractivity contribution in [2.75, 3.05) is 7.05 Å². The fourth-order valence-corrected chi connectivity index (χ4v) is 1.77. The number of rotatable bonds is 3. The first-order chi connectivity index (χ1) is 8.95. The van der Waals surface area contributed by atoms with E-state index in [1.165, 1.54) is 4.90 Å². The molecule has 0 unspecified atom stereocenters. The largest absolute Gasteiger partial charge is 0.464 e. The number of halogens is 2. The summed E-state index contributed by atoms with van der Waals surface area (Å²) >= 11 is 0. The summed E-state index contributed by atoms with van der Waals surface area (Å²) in [6.07, 6.45) is 0. The van der Waals surface area contributed by atoms with Crippen molar-refractivity contribution in [3.05, 3.63) is 59.1 Å². The monoisotopic (exact) mass is 265 g/mol. The maximum absolute atomic E-state index is 13.1. The maximum Gasteiger partial charge on any atom is 0.254 e. The van der Waals surface area contributed by atoms with Crippen molar-refractivity contribution in [2.45, 2.75) is 13.5 Å². The lowest BCUT2D eigenvalue weighted by Gasteiger charge is -2.15. The minimum atomic E-state index is -0.773. The van der Waals surface area contributed by atoms with Gasteiger partial charge in [0.05, 0.1) is 6.54 Å². The van der Waals surface area contributed by atoms with Gasteiger partial charge in [-0.2, -0.15) is 0 Å². The van der Waals surface area contributed by atoms with Crippen LogP contribution in [-0.2, 0) is 6.54 Å². The molecule has 3 nitrogen and oxygen atoms in total. The zero-order chi connectivity index (χ0) is 14.0. The smallest absolute Gasteiger partial charge is 0.254 e. The van der Waals surface area contributed by atoms with Crippen molar-refractivity contribution in [3.8, 4) is 0 Å². The second-order valence-corrected chi connectivity index (χ2v) is 4.33. The van der Waals surface area contributed by atoms with E-state index in [0.29, 0.717) is 5.76 Å². The number of carbonyl (C=O) groups excluding carboxylic acids is 1. The van der Waals surface area contributed by atoms with E-state index >= 15 is 0 Å². The third kappa shape index (κ3) is 3.19. The Labute approximate surface area is 109 Å². The molecule has 0 aliphatic heterocycles. The first-order valence-corrected chi connectivity index (χ1v) is 5.72. The van der Waals surface area contributed by atoms with Gasteiger partial charge in [-0.15, -0.1) is 0 Å². The number of hydrogen-bond acceptors (Lipinski definition) is 2. The summed E-state index contributed by atoms with van der Waals surface area (Å²) in [5.74, 6) is -0.651.